The summed E-state index contributed by atoms with van der Waals surface area (Å²) in [6, 6.07) is 5.61. The van der Waals surface area contributed by atoms with E-state index in [4.69, 9.17) is 9.47 Å². The van der Waals surface area contributed by atoms with Crippen molar-refractivity contribution < 1.29 is 40.2 Å². The number of benzene rings is 2. The van der Waals surface area contributed by atoms with E-state index in [1.807, 2.05) is 0 Å². The Morgan fingerprint density at radius 1 is 0.471 bits per heavy atom. The minimum absolute atomic E-state index is 0.0866. The molecule has 0 unspecified atom stereocenters. The van der Waals surface area contributed by atoms with Crippen molar-refractivity contribution in [2.24, 2.45) is 47.3 Å². The first-order valence-corrected chi connectivity index (χ1v) is 19.5. The highest BCUT2D eigenvalue weighted by Gasteiger charge is 2.46. The van der Waals surface area contributed by atoms with Crippen LogP contribution in [0.5, 0.6) is 11.5 Å². The largest absolute Gasteiger partial charge is 0.432 e. The molecule has 4 aliphatic rings. The average molecular weight is 727 g/mol. The Hall–Kier alpha value is -2.45. The molecule has 4 saturated carbocycles. The Labute approximate surface area is 300 Å². The number of hydrogen-bond donors (Lipinski definition) is 0. The second-order valence-corrected chi connectivity index (χ2v) is 16.5. The molecule has 0 aliphatic heterocycles. The van der Waals surface area contributed by atoms with Crippen molar-refractivity contribution >= 4 is 0 Å². The molecule has 0 atom stereocenters. The fraction of sp³-hybridized carbons (Fsp3) is 0.714. The molecular weight excluding hydrogens is 669 g/mol. The van der Waals surface area contributed by atoms with Gasteiger partial charge in [-0.05, 0) is 138 Å². The molecule has 0 heterocycles. The summed E-state index contributed by atoms with van der Waals surface area (Å²) < 4.78 is 108. The molecule has 9 heteroatoms. The van der Waals surface area contributed by atoms with Crippen LogP contribution < -0.4 is 9.47 Å². The fourth-order valence-electron chi connectivity index (χ4n) is 9.17. The fourth-order valence-corrected chi connectivity index (χ4v) is 9.17. The Kier molecular flexibility index (Phi) is 13.4. The van der Waals surface area contributed by atoms with Gasteiger partial charge in [-0.2, -0.15) is 17.6 Å². The van der Waals surface area contributed by atoms with Gasteiger partial charge in [-0.15, -0.1) is 0 Å². The maximum atomic E-state index is 14.5. The number of rotatable bonds is 8. The van der Waals surface area contributed by atoms with Crippen LogP contribution in [-0.4, -0.2) is 12.2 Å². The predicted octanol–water partition coefficient (Wildman–Crippen LogP) is 13.6. The van der Waals surface area contributed by atoms with Crippen molar-refractivity contribution in [3.05, 3.63) is 58.9 Å². The highest BCUT2D eigenvalue weighted by atomic mass is 19.3. The SMILES string of the molecule is Cc1c(F)cc(OC(F)(F)C2CCC(C3CCC(C)CC3)CC2)cc1F.Cc1ccc(OC(F)(F)C2CCC(C3CCC(C)CC3)CC2)cc1F. The van der Waals surface area contributed by atoms with Crippen LogP contribution in [0.2, 0.25) is 0 Å². The summed E-state index contributed by atoms with van der Waals surface area (Å²) in [5, 5.41) is 0. The maximum Gasteiger partial charge on any atom is 0.400 e. The molecular formula is C42H57F7O2. The van der Waals surface area contributed by atoms with Crippen LogP contribution in [0.3, 0.4) is 0 Å². The highest BCUT2D eigenvalue weighted by Crippen LogP contribution is 2.47. The van der Waals surface area contributed by atoms with Crippen molar-refractivity contribution in [2.75, 3.05) is 0 Å². The first-order valence-electron chi connectivity index (χ1n) is 19.5. The van der Waals surface area contributed by atoms with E-state index in [-0.39, 0.29) is 11.3 Å². The molecule has 4 fully saturated rings. The van der Waals surface area contributed by atoms with Gasteiger partial charge in [-0.25, -0.2) is 13.2 Å². The Morgan fingerprint density at radius 2 is 0.804 bits per heavy atom. The Bertz CT molecular complexity index is 1370. The summed E-state index contributed by atoms with van der Waals surface area (Å²) in [5.41, 5.74) is 0.237. The van der Waals surface area contributed by atoms with Gasteiger partial charge in [0.05, 0.1) is 11.8 Å². The standard InChI is InChI=1S/C21H28F4O.C21H29F3O/c1-13-3-5-15(6-4-13)16-7-9-17(10-8-16)21(24,25)26-18-11-19(22)14(2)20(23)12-18;1-14-3-6-16(7-4-14)17-8-10-18(11-9-17)21(23,24)25-19-12-5-15(2)20(22)13-19/h11-13,15-17H,3-10H2,1-2H3;5,12-14,16-18H,3-4,6-11H2,1-2H3. The van der Waals surface area contributed by atoms with Gasteiger partial charge in [0.15, 0.2) is 0 Å². The average Bonchev–Trinajstić information content (AvgIpc) is 3.10. The second kappa shape index (κ2) is 17.1. The lowest BCUT2D eigenvalue weighted by Crippen LogP contribution is -2.38. The van der Waals surface area contributed by atoms with E-state index in [0.29, 0.717) is 49.0 Å². The summed E-state index contributed by atoms with van der Waals surface area (Å²) in [7, 11) is 0. The van der Waals surface area contributed by atoms with E-state index < -0.39 is 47.3 Å². The highest BCUT2D eigenvalue weighted by molar-refractivity contribution is 5.30. The smallest absolute Gasteiger partial charge is 0.400 e. The predicted molar refractivity (Wildman–Crippen MR) is 187 cm³/mol. The van der Waals surface area contributed by atoms with E-state index in [2.05, 4.69) is 13.8 Å². The van der Waals surface area contributed by atoms with Crippen LogP contribution in [-0.2, 0) is 0 Å². The van der Waals surface area contributed by atoms with E-state index in [1.165, 1.54) is 70.4 Å². The van der Waals surface area contributed by atoms with Crippen LogP contribution in [0.1, 0.15) is 128 Å². The Balaban J connectivity index is 0.000000198. The molecule has 0 radical (unpaired) electrons. The number of halogens is 7. The topological polar surface area (TPSA) is 18.5 Å². The third-order valence-corrected chi connectivity index (χ3v) is 12.9. The molecule has 0 N–H and O–H groups in total. The molecule has 4 aliphatic carbocycles. The van der Waals surface area contributed by atoms with Gasteiger partial charge < -0.3 is 9.47 Å². The molecule has 2 nitrogen and oxygen atoms in total. The second-order valence-electron chi connectivity index (χ2n) is 16.5. The first-order chi connectivity index (χ1) is 24.1. The summed E-state index contributed by atoms with van der Waals surface area (Å²) >= 11 is 0. The van der Waals surface area contributed by atoms with Crippen LogP contribution in [0.4, 0.5) is 30.7 Å². The molecule has 286 valence electrons. The van der Waals surface area contributed by atoms with Crippen LogP contribution >= 0.6 is 0 Å². The summed E-state index contributed by atoms with van der Waals surface area (Å²) in [5.74, 6) is -0.323. The van der Waals surface area contributed by atoms with E-state index >= 15 is 0 Å². The van der Waals surface area contributed by atoms with Gasteiger partial charge in [0.25, 0.3) is 0 Å². The lowest BCUT2D eigenvalue weighted by molar-refractivity contribution is -0.225. The van der Waals surface area contributed by atoms with Crippen molar-refractivity contribution in [2.45, 2.75) is 143 Å². The minimum Gasteiger partial charge on any atom is -0.432 e. The normalized spacial score (nSPS) is 30.6. The Morgan fingerprint density at radius 3 is 1.18 bits per heavy atom. The molecule has 51 heavy (non-hydrogen) atoms. The van der Waals surface area contributed by atoms with Gasteiger partial charge in [0, 0.05) is 23.8 Å². The molecule has 0 amide bonds. The van der Waals surface area contributed by atoms with Crippen molar-refractivity contribution in [3.8, 4) is 11.5 Å². The van der Waals surface area contributed by atoms with Gasteiger partial charge >= 0.3 is 12.2 Å². The minimum atomic E-state index is -3.40. The van der Waals surface area contributed by atoms with E-state index in [9.17, 15) is 30.7 Å². The molecule has 0 bridgehead atoms. The summed E-state index contributed by atoms with van der Waals surface area (Å²) in [6.07, 6.45) is 8.48. The zero-order valence-corrected chi connectivity index (χ0v) is 30.8. The van der Waals surface area contributed by atoms with E-state index in [1.54, 1.807) is 6.92 Å². The van der Waals surface area contributed by atoms with Gasteiger partial charge in [-0.1, -0.05) is 45.6 Å². The molecule has 0 aromatic heterocycles. The number of alkyl halides is 4. The van der Waals surface area contributed by atoms with Gasteiger partial charge in [0.2, 0.25) is 0 Å². The van der Waals surface area contributed by atoms with Crippen molar-refractivity contribution in [3.63, 3.8) is 0 Å². The molecule has 2 aromatic carbocycles. The molecule has 0 spiro atoms. The summed E-state index contributed by atoms with van der Waals surface area (Å²) in [4.78, 5) is 0. The maximum absolute atomic E-state index is 14.5. The third kappa shape index (κ3) is 10.6. The molecule has 6 rings (SSSR count). The quantitative estimate of drug-likeness (QED) is 0.252. The van der Waals surface area contributed by atoms with Gasteiger partial charge in [-0.3, -0.25) is 0 Å². The van der Waals surface area contributed by atoms with Gasteiger partial charge in [0.1, 0.15) is 29.0 Å². The number of ether oxygens (including phenoxy) is 2. The zero-order valence-electron chi connectivity index (χ0n) is 30.8. The van der Waals surface area contributed by atoms with Crippen molar-refractivity contribution in [1.82, 2.24) is 0 Å². The molecule has 2 aromatic rings. The lowest BCUT2D eigenvalue weighted by Gasteiger charge is -2.38. The summed E-state index contributed by atoms with van der Waals surface area (Å²) in [6.45, 7) is 7.45. The molecule has 0 saturated heterocycles. The van der Waals surface area contributed by atoms with Crippen LogP contribution in [0.15, 0.2) is 30.3 Å². The zero-order chi connectivity index (χ0) is 36.9. The first kappa shape index (κ1) is 39.8. The third-order valence-electron chi connectivity index (χ3n) is 12.9. The number of hydrogen-bond acceptors (Lipinski definition) is 2. The number of aryl methyl sites for hydroxylation is 1. The van der Waals surface area contributed by atoms with Crippen LogP contribution in [0, 0.1) is 78.6 Å². The van der Waals surface area contributed by atoms with Crippen molar-refractivity contribution in [1.29, 1.82) is 0 Å². The monoisotopic (exact) mass is 726 g/mol. The van der Waals surface area contributed by atoms with Crippen LogP contribution in [0.25, 0.3) is 0 Å². The van der Waals surface area contributed by atoms with E-state index in [0.717, 1.165) is 61.6 Å². The lowest BCUT2D eigenvalue weighted by atomic mass is 9.69.